The number of hydrogen-bond donors (Lipinski definition) is 2. The van der Waals surface area contributed by atoms with Crippen LogP contribution in [-0.4, -0.2) is 14.4 Å². The van der Waals surface area contributed by atoms with Crippen molar-refractivity contribution in [2.45, 2.75) is 13.3 Å². The van der Waals surface area contributed by atoms with Gasteiger partial charge in [-0.05, 0) is 22.9 Å². The molecular formula is C10H12BrNO4S. The molecule has 1 rings (SSSR count). The lowest BCUT2D eigenvalue weighted by atomic mass is 10.0. The van der Waals surface area contributed by atoms with E-state index in [4.69, 9.17) is 0 Å². The lowest BCUT2D eigenvalue weighted by molar-refractivity contribution is -0.151. The molecule has 0 amide bonds. The number of carbonyl (C=O) groups is 1. The minimum Gasteiger partial charge on any atom is -0.356 e. The maximum absolute atomic E-state index is 11.4. The molecular weight excluding hydrogens is 310 g/mol. The molecule has 5 nitrogen and oxygen atoms in total. The Balaban J connectivity index is 2.57. The maximum Gasteiger partial charge on any atom is 0.329 e. The molecule has 7 heteroatoms. The van der Waals surface area contributed by atoms with Gasteiger partial charge in [0, 0.05) is 4.47 Å². The van der Waals surface area contributed by atoms with E-state index >= 15 is 0 Å². The Bertz CT molecular complexity index is 467. The highest BCUT2D eigenvalue weighted by Crippen LogP contribution is 2.19. The average molecular weight is 322 g/mol. The van der Waals surface area contributed by atoms with Crippen molar-refractivity contribution in [1.82, 2.24) is 4.89 Å². The van der Waals surface area contributed by atoms with E-state index < -0.39 is 22.8 Å². The van der Waals surface area contributed by atoms with Crippen molar-refractivity contribution >= 4 is 32.8 Å². The summed E-state index contributed by atoms with van der Waals surface area (Å²) in [5, 5.41) is 0. The molecule has 0 aliphatic rings. The number of nitrogens with one attached hydrogen (secondary N) is 1. The molecule has 1 N–H and O–H groups in total. The zero-order valence-corrected chi connectivity index (χ0v) is 11.5. The van der Waals surface area contributed by atoms with Crippen LogP contribution in [-0.2, 0) is 26.9 Å². The predicted octanol–water partition coefficient (Wildman–Crippen LogP) is 1.20. The van der Waals surface area contributed by atoms with Crippen LogP contribution >= 0.6 is 15.9 Å². The van der Waals surface area contributed by atoms with Crippen molar-refractivity contribution in [2.24, 2.45) is 5.92 Å². The molecule has 0 radical (unpaired) electrons. The van der Waals surface area contributed by atoms with Crippen LogP contribution in [0.4, 0.5) is 0 Å². The average Bonchev–Trinajstić information content (AvgIpc) is 2.28. The van der Waals surface area contributed by atoms with Gasteiger partial charge in [0.05, 0.1) is 5.92 Å². The van der Waals surface area contributed by atoms with Gasteiger partial charge in [-0.15, -0.1) is 0 Å². The summed E-state index contributed by atoms with van der Waals surface area (Å²) < 4.78 is 21.3. The minimum atomic E-state index is -2.93. The standard InChI is InChI=1S/C10H12BrNO4S/c1-7(10(13)16-12-17(14)15)6-8-4-2-3-5-9(8)11/h2-5,7,17H,6H2,1H3,(H,12,14,15). The lowest BCUT2D eigenvalue weighted by Gasteiger charge is -2.10. The lowest BCUT2D eigenvalue weighted by Crippen LogP contribution is -2.24. The third kappa shape index (κ3) is 4.84. The van der Waals surface area contributed by atoms with Gasteiger partial charge in [0.15, 0.2) is 0 Å². The fraction of sp³-hybridized carbons (Fsp3) is 0.300. The topological polar surface area (TPSA) is 72.5 Å². The second-order valence-electron chi connectivity index (χ2n) is 3.47. The number of carbonyl (C=O) groups excluding carboxylic acids is 1. The molecule has 1 unspecified atom stereocenters. The van der Waals surface area contributed by atoms with Crippen molar-refractivity contribution in [2.75, 3.05) is 0 Å². The molecule has 0 fully saturated rings. The predicted molar refractivity (Wildman–Crippen MR) is 66.6 cm³/mol. The summed E-state index contributed by atoms with van der Waals surface area (Å²) in [5.41, 5.74) is 0.962. The van der Waals surface area contributed by atoms with Gasteiger partial charge in [-0.1, -0.05) is 41.1 Å². The molecule has 17 heavy (non-hydrogen) atoms. The van der Waals surface area contributed by atoms with E-state index in [2.05, 4.69) is 20.8 Å². The fourth-order valence-electron chi connectivity index (χ4n) is 1.26. The first-order valence-corrected chi connectivity index (χ1v) is 6.82. The summed E-state index contributed by atoms with van der Waals surface area (Å²) in [4.78, 5) is 17.4. The summed E-state index contributed by atoms with van der Waals surface area (Å²) in [6.45, 7) is 1.67. The first kappa shape index (κ1) is 14.1. The van der Waals surface area contributed by atoms with Crippen LogP contribution in [0.2, 0.25) is 0 Å². The van der Waals surface area contributed by atoms with E-state index in [1.54, 1.807) is 11.8 Å². The summed E-state index contributed by atoms with van der Waals surface area (Å²) in [7, 11) is -2.93. The summed E-state index contributed by atoms with van der Waals surface area (Å²) in [6, 6.07) is 7.50. The van der Waals surface area contributed by atoms with Gasteiger partial charge >= 0.3 is 5.97 Å². The molecule has 1 aromatic carbocycles. The molecule has 0 bridgehead atoms. The van der Waals surface area contributed by atoms with Crippen LogP contribution in [0, 0.1) is 5.92 Å². The molecule has 0 saturated heterocycles. The van der Waals surface area contributed by atoms with Gasteiger partial charge in [0.1, 0.15) is 0 Å². The summed E-state index contributed by atoms with van der Waals surface area (Å²) >= 11 is 3.37. The number of benzene rings is 1. The number of hydrogen-bond acceptors (Lipinski definition) is 4. The fourth-order valence-corrected chi connectivity index (χ4v) is 1.87. The molecule has 1 aromatic rings. The Morgan fingerprint density at radius 3 is 2.71 bits per heavy atom. The van der Waals surface area contributed by atoms with Gasteiger partial charge < -0.3 is 4.84 Å². The zero-order chi connectivity index (χ0) is 12.8. The van der Waals surface area contributed by atoms with Crippen molar-refractivity contribution in [3.05, 3.63) is 34.3 Å². The molecule has 94 valence electrons. The van der Waals surface area contributed by atoms with E-state index in [0.29, 0.717) is 6.42 Å². The second kappa shape index (κ2) is 6.73. The van der Waals surface area contributed by atoms with Crippen LogP contribution in [0.5, 0.6) is 0 Å². The molecule has 0 aliphatic carbocycles. The quantitative estimate of drug-likeness (QED) is 0.631. The highest BCUT2D eigenvalue weighted by Gasteiger charge is 2.16. The molecule has 0 spiro atoms. The van der Waals surface area contributed by atoms with Gasteiger partial charge in [-0.25, -0.2) is 8.42 Å². The van der Waals surface area contributed by atoms with Gasteiger partial charge in [-0.2, -0.15) is 0 Å². The Kier molecular flexibility index (Phi) is 5.60. The van der Waals surface area contributed by atoms with Crippen LogP contribution in [0.3, 0.4) is 0 Å². The monoisotopic (exact) mass is 321 g/mol. The van der Waals surface area contributed by atoms with E-state index in [9.17, 15) is 13.2 Å². The number of rotatable bonds is 5. The first-order valence-electron chi connectivity index (χ1n) is 4.85. The second-order valence-corrected chi connectivity index (χ2v) is 5.02. The summed E-state index contributed by atoms with van der Waals surface area (Å²) in [5.74, 6) is -1.05. The number of halogens is 1. The highest BCUT2D eigenvalue weighted by atomic mass is 79.9. The zero-order valence-electron chi connectivity index (χ0n) is 9.05. The molecule has 0 saturated carbocycles. The molecule has 0 aromatic heterocycles. The molecule has 0 aliphatic heterocycles. The van der Waals surface area contributed by atoms with Crippen LogP contribution in [0.25, 0.3) is 0 Å². The highest BCUT2D eigenvalue weighted by molar-refractivity contribution is 9.10. The Morgan fingerprint density at radius 2 is 2.12 bits per heavy atom. The van der Waals surface area contributed by atoms with Crippen molar-refractivity contribution in [3.63, 3.8) is 0 Å². The van der Waals surface area contributed by atoms with E-state index in [1.807, 2.05) is 24.3 Å². The number of thiol groups is 1. The normalized spacial score (nSPS) is 12.4. The minimum absolute atomic E-state index is 0.434. The van der Waals surface area contributed by atoms with Crippen molar-refractivity contribution in [1.29, 1.82) is 0 Å². The molecule has 1 atom stereocenters. The SMILES string of the molecule is CC(Cc1ccccc1Br)C(=O)ON[SH](=O)=O. The maximum atomic E-state index is 11.4. The Morgan fingerprint density at radius 1 is 1.47 bits per heavy atom. The van der Waals surface area contributed by atoms with Gasteiger partial charge in [0.25, 0.3) is 0 Å². The Labute approximate surface area is 109 Å². The van der Waals surface area contributed by atoms with E-state index in [1.165, 1.54) is 0 Å². The van der Waals surface area contributed by atoms with E-state index in [0.717, 1.165) is 10.0 Å². The van der Waals surface area contributed by atoms with E-state index in [-0.39, 0.29) is 0 Å². The van der Waals surface area contributed by atoms with Gasteiger partial charge in [-0.3, -0.25) is 4.79 Å². The smallest absolute Gasteiger partial charge is 0.329 e. The van der Waals surface area contributed by atoms with Crippen LogP contribution in [0.1, 0.15) is 12.5 Å². The largest absolute Gasteiger partial charge is 0.356 e. The van der Waals surface area contributed by atoms with Crippen LogP contribution < -0.4 is 4.89 Å². The summed E-state index contributed by atoms with van der Waals surface area (Å²) in [6.07, 6.45) is 0.470. The van der Waals surface area contributed by atoms with Crippen molar-refractivity contribution < 1.29 is 18.0 Å². The van der Waals surface area contributed by atoms with Gasteiger partial charge in [0.2, 0.25) is 10.9 Å². The third-order valence-electron chi connectivity index (χ3n) is 2.11. The van der Waals surface area contributed by atoms with Crippen LogP contribution in [0.15, 0.2) is 28.7 Å². The van der Waals surface area contributed by atoms with Crippen molar-refractivity contribution in [3.8, 4) is 0 Å². The Hall–Kier alpha value is -0.920. The first-order chi connectivity index (χ1) is 8.00. The molecule has 0 heterocycles. The third-order valence-corrected chi connectivity index (χ3v) is 3.12.